The topological polar surface area (TPSA) is 80.3 Å². The predicted octanol–water partition coefficient (Wildman–Crippen LogP) is 4.95. The first-order chi connectivity index (χ1) is 14.9. The lowest BCUT2D eigenvalue weighted by molar-refractivity contribution is -0.137. The molecule has 0 amide bonds. The van der Waals surface area contributed by atoms with Crippen molar-refractivity contribution in [3.63, 3.8) is 0 Å². The zero-order valence-corrected chi connectivity index (χ0v) is 19.6. The van der Waals surface area contributed by atoms with Gasteiger partial charge >= 0.3 is 6.18 Å². The maximum atomic E-state index is 13.8. The van der Waals surface area contributed by atoms with Gasteiger partial charge in [-0.3, -0.25) is 0 Å². The van der Waals surface area contributed by atoms with Crippen molar-refractivity contribution >= 4 is 31.5 Å². The van der Waals surface area contributed by atoms with Crippen molar-refractivity contribution in [3.8, 4) is 0 Å². The van der Waals surface area contributed by atoms with Crippen molar-refractivity contribution in [2.45, 2.75) is 53.4 Å². The second-order valence-electron chi connectivity index (χ2n) is 8.34. The van der Waals surface area contributed by atoms with Gasteiger partial charge in [0, 0.05) is 6.04 Å². The minimum Gasteiger partial charge on any atom is -0.223 e. The van der Waals surface area contributed by atoms with E-state index in [-0.39, 0.29) is 28.8 Å². The summed E-state index contributed by atoms with van der Waals surface area (Å²) in [7, 11) is -8.53. The number of halogens is 6. The van der Waals surface area contributed by atoms with Crippen LogP contribution in [-0.2, 0) is 26.0 Å². The average Bonchev–Trinajstić information content (AvgIpc) is 2.65. The van der Waals surface area contributed by atoms with Crippen molar-refractivity contribution in [3.05, 3.63) is 58.6 Å². The fourth-order valence-corrected chi connectivity index (χ4v) is 6.80. The van der Waals surface area contributed by atoms with E-state index in [1.165, 1.54) is 13.8 Å². The summed E-state index contributed by atoms with van der Waals surface area (Å²) in [5.41, 5.74) is -1.42. The van der Waals surface area contributed by atoms with Crippen LogP contribution in [0.15, 0.2) is 46.2 Å². The van der Waals surface area contributed by atoms with Crippen molar-refractivity contribution < 1.29 is 38.8 Å². The summed E-state index contributed by atoms with van der Waals surface area (Å²) >= 11 is 5.55. The maximum Gasteiger partial charge on any atom is 0.416 e. The summed E-state index contributed by atoms with van der Waals surface area (Å²) in [5, 5.41) is -0.254. The first-order valence-electron chi connectivity index (χ1n) is 9.55. The fourth-order valence-electron chi connectivity index (χ4n) is 3.62. The highest BCUT2D eigenvalue weighted by Crippen LogP contribution is 2.44. The first kappa shape index (κ1) is 25.9. The molecule has 1 saturated carbocycles. The zero-order valence-electron chi connectivity index (χ0n) is 17.3. The van der Waals surface area contributed by atoms with Gasteiger partial charge in [0.25, 0.3) is 0 Å². The van der Waals surface area contributed by atoms with Gasteiger partial charge in [-0.25, -0.2) is 30.3 Å². The van der Waals surface area contributed by atoms with Crippen LogP contribution in [0.25, 0.3) is 0 Å². The molecule has 0 aromatic heterocycles. The molecule has 1 N–H and O–H groups in total. The molecular weight excluding hydrogens is 513 g/mol. The van der Waals surface area contributed by atoms with E-state index < -0.39 is 64.8 Å². The maximum absolute atomic E-state index is 13.8. The molecule has 2 aromatic carbocycles. The molecule has 1 aliphatic carbocycles. The van der Waals surface area contributed by atoms with Crippen LogP contribution in [0.1, 0.15) is 32.3 Å². The molecule has 0 bridgehead atoms. The minimum absolute atomic E-state index is 0.0585. The van der Waals surface area contributed by atoms with Crippen molar-refractivity contribution in [1.82, 2.24) is 4.72 Å². The van der Waals surface area contributed by atoms with Gasteiger partial charge in [0.05, 0.1) is 25.1 Å². The molecule has 1 aliphatic rings. The highest BCUT2D eigenvalue weighted by atomic mass is 35.5. The summed E-state index contributed by atoms with van der Waals surface area (Å²) in [4.78, 5) is -1.17. The van der Waals surface area contributed by atoms with Gasteiger partial charge in [0.1, 0.15) is 11.6 Å². The van der Waals surface area contributed by atoms with Crippen molar-refractivity contribution in [2.24, 2.45) is 5.92 Å². The third-order valence-corrected chi connectivity index (χ3v) is 10.2. The minimum atomic E-state index is -4.93. The Labute approximate surface area is 192 Å². The number of sulfonamides is 1. The molecule has 13 heteroatoms. The van der Waals surface area contributed by atoms with Crippen molar-refractivity contribution in [2.75, 3.05) is 0 Å². The summed E-state index contributed by atoms with van der Waals surface area (Å²) < 4.78 is 118. The number of sulfone groups is 1. The molecule has 0 radical (unpaired) electrons. The van der Waals surface area contributed by atoms with E-state index in [1.54, 1.807) is 0 Å². The van der Waals surface area contributed by atoms with E-state index in [0.29, 0.717) is 12.1 Å². The molecule has 0 spiro atoms. The quantitative estimate of drug-likeness (QED) is 0.535. The Morgan fingerprint density at radius 2 is 1.55 bits per heavy atom. The number of hydrogen-bond acceptors (Lipinski definition) is 4. The van der Waals surface area contributed by atoms with E-state index in [1.807, 2.05) is 0 Å². The largest absolute Gasteiger partial charge is 0.416 e. The average molecular weight is 532 g/mol. The lowest BCUT2D eigenvalue weighted by Crippen LogP contribution is -2.53. The van der Waals surface area contributed by atoms with Crippen LogP contribution in [0.4, 0.5) is 22.0 Å². The molecule has 1 fully saturated rings. The molecule has 0 atom stereocenters. The van der Waals surface area contributed by atoms with Gasteiger partial charge < -0.3 is 0 Å². The monoisotopic (exact) mass is 531 g/mol. The Hall–Kier alpha value is -1.76. The SMILES string of the molecule is CC(C)([C@H]1C[C@@H](NS(=O)(=O)c2ccc(Cl)c(F)c2)C1)S(=O)(=O)c1cc(F)cc(C(F)(F)F)c1. The second kappa shape index (κ2) is 8.47. The van der Waals surface area contributed by atoms with Crippen LogP contribution in [0.2, 0.25) is 5.02 Å². The summed E-state index contributed by atoms with van der Waals surface area (Å²) in [6, 6.07) is 3.39. The normalized spacial score (nSPS) is 19.9. The van der Waals surface area contributed by atoms with E-state index in [0.717, 1.165) is 18.2 Å². The van der Waals surface area contributed by atoms with E-state index in [9.17, 15) is 38.8 Å². The number of alkyl halides is 3. The molecule has 0 unspecified atom stereocenters. The highest BCUT2D eigenvalue weighted by Gasteiger charge is 2.49. The van der Waals surface area contributed by atoms with Crippen LogP contribution in [0.5, 0.6) is 0 Å². The molecule has 0 saturated heterocycles. The van der Waals surface area contributed by atoms with Crippen LogP contribution < -0.4 is 4.72 Å². The molecular formula is C20H19ClF5NO4S2. The molecule has 3 rings (SSSR count). The van der Waals surface area contributed by atoms with Gasteiger partial charge in [-0.15, -0.1) is 0 Å². The van der Waals surface area contributed by atoms with Crippen molar-refractivity contribution in [1.29, 1.82) is 0 Å². The lowest BCUT2D eigenvalue weighted by atomic mass is 9.73. The van der Waals surface area contributed by atoms with Gasteiger partial charge in [-0.05, 0) is 69.0 Å². The number of rotatable bonds is 6. The summed E-state index contributed by atoms with van der Waals surface area (Å²) in [5.74, 6) is -2.89. The van der Waals surface area contributed by atoms with Crippen LogP contribution in [0.3, 0.4) is 0 Å². The molecule has 182 valence electrons. The summed E-state index contributed by atoms with van der Waals surface area (Å²) in [6.45, 7) is 2.59. The molecule has 33 heavy (non-hydrogen) atoms. The Kier molecular flexibility index (Phi) is 6.64. The van der Waals surface area contributed by atoms with Crippen LogP contribution in [-0.4, -0.2) is 27.6 Å². The van der Waals surface area contributed by atoms with Gasteiger partial charge in [-0.1, -0.05) is 11.6 Å². The molecule has 2 aromatic rings. The Morgan fingerprint density at radius 3 is 2.09 bits per heavy atom. The summed E-state index contributed by atoms with van der Waals surface area (Å²) in [6.07, 6.45) is -4.82. The Bertz CT molecular complexity index is 1290. The zero-order chi connectivity index (χ0) is 25.0. The number of hydrogen-bond donors (Lipinski definition) is 1. The predicted molar refractivity (Wildman–Crippen MR) is 111 cm³/mol. The third kappa shape index (κ3) is 5.03. The highest BCUT2D eigenvalue weighted by molar-refractivity contribution is 7.92. The smallest absolute Gasteiger partial charge is 0.223 e. The molecule has 0 heterocycles. The van der Waals surface area contributed by atoms with Gasteiger partial charge in [0.15, 0.2) is 9.84 Å². The van der Waals surface area contributed by atoms with Gasteiger partial charge in [-0.2, -0.15) is 13.2 Å². The lowest BCUT2D eigenvalue weighted by Gasteiger charge is -2.44. The van der Waals surface area contributed by atoms with Crippen LogP contribution in [0, 0.1) is 17.6 Å². The van der Waals surface area contributed by atoms with Crippen LogP contribution >= 0.6 is 11.6 Å². The molecule has 0 aliphatic heterocycles. The molecule has 5 nitrogen and oxygen atoms in total. The second-order valence-corrected chi connectivity index (χ2v) is 13.0. The van der Waals surface area contributed by atoms with E-state index in [4.69, 9.17) is 11.6 Å². The number of benzene rings is 2. The van der Waals surface area contributed by atoms with E-state index in [2.05, 4.69) is 4.72 Å². The standard InChI is InChI=1S/C20H19ClF5NO4S2/c1-19(2,32(28,29)16-8-12(20(24,25)26)5-13(22)9-16)11-6-14(7-11)27-33(30,31)15-3-4-17(21)18(23)10-15/h3-5,8-11,14,27H,6-7H2,1-2H3/t11-,14+. The van der Waals surface area contributed by atoms with E-state index >= 15 is 0 Å². The fraction of sp³-hybridized carbons (Fsp3) is 0.400. The Morgan fingerprint density at radius 1 is 0.939 bits per heavy atom. The van der Waals surface area contributed by atoms with Gasteiger partial charge in [0.2, 0.25) is 10.0 Å². The Balaban J connectivity index is 1.78. The first-order valence-corrected chi connectivity index (χ1v) is 12.9. The third-order valence-electron chi connectivity index (χ3n) is 5.85. The number of nitrogens with one attached hydrogen (secondary N) is 1.